The van der Waals surface area contributed by atoms with E-state index >= 15 is 0 Å². The van der Waals surface area contributed by atoms with Crippen molar-refractivity contribution in [2.24, 2.45) is 0 Å². The highest BCUT2D eigenvalue weighted by Crippen LogP contribution is 2.37. The van der Waals surface area contributed by atoms with Gasteiger partial charge in [0.2, 0.25) is 0 Å². The van der Waals surface area contributed by atoms with Crippen molar-refractivity contribution >= 4 is 23.4 Å². The molecule has 0 aliphatic carbocycles. The largest absolute Gasteiger partial charge is 0.449 e. The summed E-state index contributed by atoms with van der Waals surface area (Å²) >= 11 is 0. The minimum absolute atomic E-state index is 0.0137. The Balaban J connectivity index is 1.96. The SMILES string of the molecule is CCc1ccc(/C=C2/Oc3ccc(N)cc3N(CCCO)C2=O)cc1. The lowest BCUT2D eigenvalue weighted by Crippen LogP contribution is -2.38. The summed E-state index contributed by atoms with van der Waals surface area (Å²) in [5.41, 5.74) is 9.19. The molecule has 0 bridgehead atoms. The Hall–Kier alpha value is -2.79. The molecule has 1 aliphatic heterocycles. The van der Waals surface area contributed by atoms with Crippen molar-refractivity contribution in [3.05, 3.63) is 59.4 Å². The van der Waals surface area contributed by atoms with Crippen LogP contribution in [0.25, 0.3) is 6.08 Å². The molecule has 3 N–H and O–H groups in total. The second-order valence-electron chi connectivity index (χ2n) is 5.97. The third-order valence-electron chi connectivity index (χ3n) is 4.18. The van der Waals surface area contributed by atoms with Crippen molar-refractivity contribution in [3.63, 3.8) is 0 Å². The molecule has 130 valence electrons. The van der Waals surface area contributed by atoms with Gasteiger partial charge >= 0.3 is 0 Å². The van der Waals surface area contributed by atoms with E-state index in [4.69, 9.17) is 15.6 Å². The highest BCUT2D eigenvalue weighted by atomic mass is 16.5. The van der Waals surface area contributed by atoms with Gasteiger partial charge in [0.15, 0.2) is 11.5 Å². The number of benzene rings is 2. The number of ether oxygens (including phenoxy) is 1. The summed E-state index contributed by atoms with van der Waals surface area (Å²) in [5.74, 6) is 0.619. The first kappa shape index (κ1) is 17.0. The number of nitrogens with zero attached hydrogens (tertiary/aromatic N) is 1. The number of rotatable bonds is 5. The van der Waals surface area contributed by atoms with Gasteiger partial charge in [-0.3, -0.25) is 4.79 Å². The molecule has 2 aromatic rings. The van der Waals surface area contributed by atoms with E-state index in [-0.39, 0.29) is 18.3 Å². The molecular formula is C20H22N2O3. The molecule has 0 saturated carbocycles. The van der Waals surface area contributed by atoms with E-state index in [1.807, 2.05) is 24.3 Å². The summed E-state index contributed by atoms with van der Waals surface area (Å²) in [5, 5.41) is 9.13. The van der Waals surface area contributed by atoms with Gasteiger partial charge in [0.25, 0.3) is 5.91 Å². The number of carbonyl (C=O) groups is 1. The Labute approximate surface area is 147 Å². The second kappa shape index (κ2) is 7.40. The summed E-state index contributed by atoms with van der Waals surface area (Å²) in [7, 11) is 0. The fourth-order valence-electron chi connectivity index (χ4n) is 2.78. The average Bonchev–Trinajstić information content (AvgIpc) is 2.63. The van der Waals surface area contributed by atoms with Gasteiger partial charge in [0.05, 0.1) is 5.69 Å². The zero-order valence-electron chi connectivity index (χ0n) is 14.2. The van der Waals surface area contributed by atoms with E-state index in [9.17, 15) is 4.79 Å². The summed E-state index contributed by atoms with van der Waals surface area (Å²) < 4.78 is 5.82. The first-order valence-corrected chi connectivity index (χ1v) is 8.43. The lowest BCUT2D eigenvalue weighted by Gasteiger charge is -2.30. The number of aryl methyl sites for hydroxylation is 1. The number of nitrogen functional groups attached to an aromatic ring is 1. The number of nitrogens with two attached hydrogens (primary N) is 1. The van der Waals surface area contributed by atoms with Crippen LogP contribution < -0.4 is 15.4 Å². The summed E-state index contributed by atoms with van der Waals surface area (Å²) in [6, 6.07) is 13.2. The lowest BCUT2D eigenvalue weighted by molar-refractivity contribution is -0.117. The van der Waals surface area contributed by atoms with Crippen molar-refractivity contribution in [2.45, 2.75) is 19.8 Å². The van der Waals surface area contributed by atoms with Crippen LogP contribution in [-0.4, -0.2) is 24.2 Å². The predicted octanol–water partition coefficient (Wildman–Crippen LogP) is 2.98. The van der Waals surface area contributed by atoms with Crippen LogP contribution >= 0.6 is 0 Å². The quantitative estimate of drug-likeness (QED) is 0.649. The fourth-order valence-corrected chi connectivity index (χ4v) is 2.78. The van der Waals surface area contributed by atoms with Gasteiger partial charge in [0.1, 0.15) is 0 Å². The molecule has 0 spiro atoms. The first-order chi connectivity index (χ1) is 12.1. The number of aliphatic hydroxyl groups excluding tert-OH is 1. The van der Waals surface area contributed by atoms with Crippen molar-refractivity contribution in [2.75, 3.05) is 23.8 Å². The number of anilines is 2. The minimum Gasteiger partial charge on any atom is -0.449 e. The van der Waals surface area contributed by atoms with Crippen LogP contribution in [0.1, 0.15) is 24.5 Å². The van der Waals surface area contributed by atoms with E-state index in [1.165, 1.54) is 5.56 Å². The molecule has 3 rings (SSSR count). The Morgan fingerprint density at radius 3 is 2.64 bits per heavy atom. The summed E-state index contributed by atoms with van der Waals surface area (Å²) in [4.78, 5) is 14.5. The maximum atomic E-state index is 12.8. The Kier molecular flexibility index (Phi) is 5.05. The molecule has 0 unspecified atom stereocenters. The Morgan fingerprint density at radius 1 is 1.20 bits per heavy atom. The maximum absolute atomic E-state index is 12.8. The molecule has 2 aromatic carbocycles. The molecule has 0 atom stereocenters. The topological polar surface area (TPSA) is 75.8 Å². The van der Waals surface area contributed by atoms with Gasteiger partial charge in [-0.1, -0.05) is 31.2 Å². The molecule has 0 saturated heterocycles. The van der Waals surface area contributed by atoms with Crippen LogP contribution in [0.4, 0.5) is 11.4 Å². The van der Waals surface area contributed by atoms with Crippen LogP contribution in [0, 0.1) is 0 Å². The lowest BCUT2D eigenvalue weighted by atomic mass is 10.1. The highest BCUT2D eigenvalue weighted by molar-refractivity contribution is 6.10. The zero-order valence-corrected chi connectivity index (χ0v) is 14.2. The number of hydrogen-bond donors (Lipinski definition) is 2. The van der Waals surface area contributed by atoms with E-state index < -0.39 is 0 Å². The monoisotopic (exact) mass is 338 g/mol. The average molecular weight is 338 g/mol. The molecule has 25 heavy (non-hydrogen) atoms. The van der Waals surface area contributed by atoms with E-state index in [0.29, 0.717) is 30.1 Å². The van der Waals surface area contributed by atoms with Crippen LogP contribution in [0.15, 0.2) is 48.2 Å². The van der Waals surface area contributed by atoms with Crippen LogP contribution in [0.3, 0.4) is 0 Å². The minimum atomic E-state index is -0.230. The van der Waals surface area contributed by atoms with Gasteiger partial charge in [-0.2, -0.15) is 0 Å². The predicted molar refractivity (Wildman–Crippen MR) is 99.3 cm³/mol. The third-order valence-corrected chi connectivity index (χ3v) is 4.18. The molecule has 0 fully saturated rings. The Bertz CT molecular complexity index is 797. The maximum Gasteiger partial charge on any atom is 0.294 e. The van der Waals surface area contributed by atoms with Crippen LogP contribution in [-0.2, 0) is 11.2 Å². The molecule has 5 heteroatoms. The molecule has 0 radical (unpaired) electrons. The number of fused-ring (bicyclic) bond motifs is 1. The molecule has 0 aromatic heterocycles. The molecular weight excluding hydrogens is 316 g/mol. The van der Waals surface area contributed by atoms with Gasteiger partial charge in [-0.15, -0.1) is 0 Å². The van der Waals surface area contributed by atoms with E-state index in [0.717, 1.165) is 12.0 Å². The standard InChI is InChI=1S/C20H22N2O3/c1-2-14-4-6-15(7-5-14)12-19-20(24)22(10-3-11-23)17-13-16(21)8-9-18(17)25-19/h4-9,12-13,23H,2-3,10-11,21H2,1H3/b19-12+. The normalized spacial score (nSPS) is 15.2. The molecule has 1 aliphatic rings. The number of carbonyl (C=O) groups excluding carboxylic acids is 1. The van der Waals surface area contributed by atoms with Crippen molar-refractivity contribution in [3.8, 4) is 5.75 Å². The zero-order chi connectivity index (χ0) is 17.8. The molecule has 1 amide bonds. The van der Waals surface area contributed by atoms with Crippen molar-refractivity contribution in [1.29, 1.82) is 0 Å². The van der Waals surface area contributed by atoms with Gasteiger partial charge in [0, 0.05) is 18.8 Å². The third kappa shape index (κ3) is 3.67. The van der Waals surface area contributed by atoms with Gasteiger partial charge in [-0.25, -0.2) is 0 Å². The summed E-state index contributed by atoms with van der Waals surface area (Å²) in [6.07, 6.45) is 3.20. The van der Waals surface area contributed by atoms with E-state index in [1.54, 1.807) is 29.2 Å². The first-order valence-electron chi connectivity index (χ1n) is 8.43. The molecule has 5 nitrogen and oxygen atoms in total. The second-order valence-corrected chi connectivity index (χ2v) is 5.97. The number of aliphatic hydroxyl groups is 1. The fraction of sp³-hybridized carbons (Fsp3) is 0.250. The van der Waals surface area contributed by atoms with Crippen molar-refractivity contribution < 1.29 is 14.6 Å². The smallest absolute Gasteiger partial charge is 0.294 e. The van der Waals surface area contributed by atoms with Gasteiger partial charge < -0.3 is 20.5 Å². The molecule has 1 heterocycles. The van der Waals surface area contributed by atoms with Gasteiger partial charge in [-0.05, 0) is 48.2 Å². The number of hydrogen-bond acceptors (Lipinski definition) is 4. The number of amides is 1. The van der Waals surface area contributed by atoms with Crippen molar-refractivity contribution in [1.82, 2.24) is 0 Å². The summed E-state index contributed by atoms with van der Waals surface area (Å²) in [6.45, 7) is 2.52. The van der Waals surface area contributed by atoms with Crippen LogP contribution in [0.2, 0.25) is 0 Å². The Morgan fingerprint density at radius 2 is 1.96 bits per heavy atom. The highest BCUT2D eigenvalue weighted by Gasteiger charge is 2.30. The van der Waals surface area contributed by atoms with Crippen LogP contribution in [0.5, 0.6) is 5.75 Å². The van der Waals surface area contributed by atoms with E-state index in [2.05, 4.69) is 6.92 Å².